The summed E-state index contributed by atoms with van der Waals surface area (Å²) < 4.78 is 0. The number of hydrogen-bond donors (Lipinski definition) is 2. The van der Waals surface area contributed by atoms with E-state index < -0.39 is 5.97 Å². The molecule has 2 heterocycles. The Morgan fingerprint density at radius 3 is 2.84 bits per heavy atom. The summed E-state index contributed by atoms with van der Waals surface area (Å²) >= 11 is 5.90. The fraction of sp³-hybridized carbons (Fsp3) is 0.500. The van der Waals surface area contributed by atoms with Crippen molar-refractivity contribution < 1.29 is 15.0 Å². The summed E-state index contributed by atoms with van der Waals surface area (Å²) in [6.07, 6.45) is 2.81. The summed E-state index contributed by atoms with van der Waals surface area (Å²) in [5.41, 5.74) is 1.02. The SMILES string of the molecule is O=C(O)C1CC2CCC1N2Cc1ccc(O)c(Cl)c1. The molecule has 4 nitrogen and oxygen atoms in total. The van der Waals surface area contributed by atoms with Gasteiger partial charge < -0.3 is 10.2 Å². The number of carboxylic acids is 1. The van der Waals surface area contributed by atoms with Crippen LogP contribution in [0.15, 0.2) is 18.2 Å². The Balaban J connectivity index is 1.77. The maximum absolute atomic E-state index is 11.2. The van der Waals surface area contributed by atoms with Gasteiger partial charge in [-0.1, -0.05) is 17.7 Å². The second-order valence-electron chi connectivity index (χ2n) is 5.44. The highest BCUT2D eigenvalue weighted by Crippen LogP contribution is 2.42. The molecule has 0 amide bonds. The number of phenolic OH excluding ortho intramolecular Hbond substituents is 1. The second kappa shape index (κ2) is 4.69. The van der Waals surface area contributed by atoms with E-state index in [1.54, 1.807) is 12.1 Å². The molecule has 0 aliphatic carbocycles. The average Bonchev–Trinajstić information content (AvgIpc) is 2.91. The third kappa shape index (κ3) is 2.19. The zero-order valence-electron chi connectivity index (χ0n) is 10.4. The molecular formula is C14H16ClNO3. The maximum Gasteiger partial charge on any atom is 0.308 e. The fourth-order valence-corrected chi connectivity index (χ4v) is 3.68. The van der Waals surface area contributed by atoms with Gasteiger partial charge in [0.25, 0.3) is 0 Å². The van der Waals surface area contributed by atoms with Crippen molar-refractivity contribution in [1.29, 1.82) is 0 Å². The van der Waals surface area contributed by atoms with Gasteiger partial charge in [-0.15, -0.1) is 0 Å². The van der Waals surface area contributed by atoms with Crippen molar-refractivity contribution in [2.45, 2.75) is 37.9 Å². The minimum absolute atomic E-state index is 0.0817. The monoisotopic (exact) mass is 281 g/mol. The van der Waals surface area contributed by atoms with Gasteiger partial charge in [0.15, 0.2) is 0 Å². The molecule has 19 heavy (non-hydrogen) atoms. The average molecular weight is 282 g/mol. The third-order valence-electron chi connectivity index (χ3n) is 4.38. The first-order chi connectivity index (χ1) is 9.06. The molecule has 3 unspecified atom stereocenters. The van der Waals surface area contributed by atoms with Crippen molar-refractivity contribution in [1.82, 2.24) is 4.90 Å². The fourth-order valence-electron chi connectivity index (χ4n) is 3.47. The van der Waals surface area contributed by atoms with Crippen molar-refractivity contribution in [3.63, 3.8) is 0 Å². The molecule has 3 rings (SSSR count). The smallest absolute Gasteiger partial charge is 0.308 e. The van der Waals surface area contributed by atoms with Gasteiger partial charge in [-0.3, -0.25) is 9.69 Å². The zero-order chi connectivity index (χ0) is 13.6. The van der Waals surface area contributed by atoms with Crippen molar-refractivity contribution in [3.8, 4) is 5.75 Å². The molecule has 2 fully saturated rings. The van der Waals surface area contributed by atoms with E-state index in [1.165, 1.54) is 0 Å². The van der Waals surface area contributed by atoms with E-state index in [0.717, 1.165) is 24.8 Å². The van der Waals surface area contributed by atoms with E-state index in [-0.39, 0.29) is 17.7 Å². The molecular weight excluding hydrogens is 266 g/mol. The van der Waals surface area contributed by atoms with Crippen LogP contribution in [-0.4, -0.2) is 33.2 Å². The Labute approximate surface area is 116 Å². The van der Waals surface area contributed by atoms with Crippen molar-refractivity contribution in [2.24, 2.45) is 5.92 Å². The number of aliphatic carboxylic acids is 1. The van der Waals surface area contributed by atoms with Gasteiger partial charge in [0.1, 0.15) is 5.75 Å². The van der Waals surface area contributed by atoms with Crippen LogP contribution in [0.5, 0.6) is 5.75 Å². The molecule has 2 aliphatic heterocycles. The normalized spacial score (nSPS) is 29.8. The van der Waals surface area contributed by atoms with E-state index in [1.807, 2.05) is 6.07 Å². The summed E-state index contributed by atoms with van der Waals surface area (Å²) in [5.74, 6) is -0.828. The van der Waals surface area contributed by atoms with E-state index in [9.17, 15) is 15.0 Å². The number of rotatable bonds is 3. The Morgan fingerprint density at radius 2 is 2.21 bits per heavy atom. The number of nitrogens with zero attached hydrogens (tertiary/aromatic N) is 1. The molecule has 0 aromatic heterocycles. The molecule has 1 aromatic rings. The summed E-state index contributed by atoms with van der Waals surface area (Å²) in [6, 6.07) is 5.71. The number of carboxylic acid groups (broad SMARTS) is 1. The first kappa shape index (κ1) is 12.8. The Bertz CT molecular complexity index is 519. The molecule has 2 N–H and O–H groups in total. The van der Waals surface area contributed by atoms with Crippen molar-refractivity contribution in [2.75, 3.05) is 0 Å². The van der Waals surface area contributed by atoms with Gasteiger partial charge in [0, 0.05) is 18.6 Å². The predicted octanol–water partition coefficient (Wildman–Crippen LogP) is 2.48. The van der Waals surface area contributed by atoms with Crippen molar-refractivity contribution in [3.05, 3.63) is 28.8 Å². The summed E-state index contributed by atoms with van der Waals surface area (Å²) in [4.78, 5) is 13.5. The first-order valence-corrected chi connectivity index (χ1v) is 6.90. The number of benzene rings is 1. The number of phenols is 1. The lowest BCUT2D eigenvalue weighted by Crippen LogP contribution is -2.32. The number of carbonyl (C=O) groups is 1. The highest BCUT2D eigenvalue weighted by atomic mass is 35.5. The van der Waals surface area contributed by atoms with Gasteiger partial charge in [-0.25, -0.2) is 0 Å². The standard InChI is InChI=1S/C14H16ClNO3/c15-11-5-8(1-4-13(11)17)7-16-9-2-3-12(16)10(6-9)14(18)19/h1,4-5,9-10,12,17H,2-3,6-7H2,(H,18,19). The number of aromatic hydroxyl groups is 1. The van der Waals surface area contributed by atoms with Crippen LogP contribution < -0.4 is 0 Å². The summed E-state index contributed by atoms with van der Waals surface area (Å²) in [5, 5.41) is 19.0. The van der Waals surface area contributed by atoms with Crippen LogP contribution in [0.1, 0.15) is 24.8 Å². The quantitative estimate of drug-likeness (QED) is 0.894. The van der Waals surface area contributed by atoms with Gasteiger partial charge in [-0.05, 0) is 37.0 Å². The van der Waals surface area contributed by atoms with Crippen LogP contribution in [0.3, 0.4) is 0 Å². The summed E-state index contributed by atoms with van der Waals surface area (Å²) in [6.45, 7) is 0.707. The lowest BCUT2D eigenvalue weighted by atomic mass is 9.89. The van der Waals surface area contributed by atoms with Gasteiger partial charge in [0.05, 0.1) is 10.9 Å². The largest absolute Gasteiger partial charge is 0.506 e. The van der Waals surface area contributed by atoms with E-state index in [4.69, 9.17) is 11.6 Å². The molecule has 2 saturated heterocycles. The molecule has 102 valence electrons. The van der Waals surface area contributed by atoms with Gasteiger partial charge in [0.2, 0.25) is 0 Å². The van der Waals surface area contributed by atoms with E-state index in [0.29, 0.717) is 17.6 Å². The summed E-state index contributed by atoms with van der Waals surface area (Å²) in [7, 11) is 0. The molecule has 0 spiro atoms. The first-order valence-electron chi connectivity index (χ1n) is 6.52. The maximum atomic E-state index is 11.2. The van der Waals surface area contributed by atoms with Crippen LogP contribution >= 0.6 is 11.6 Å². The Kier molecular flexibility index (Phi) is 3.15. The van der Waals surface area contributed by atoms with Crippen LogP contribution in [0, 0.1) is 5.92 Å². The molecule has 2 aliphatic rings. The van der Waals surface area contributed by atoms with E-state index in [2.05, 4.69) is 4.90 Å². The number of halogens is 1. The van der Waals surface area contributed by atoms with Gasteiger partial charge in [-0.2, -0.15) is 0 Å². The highest BCUT2D eigenvalue weighted by molar-refractivity contribution is 6.32. The lowest BCUT2D eigenvalue weighted by Gasteiger charge is -2.22. The number of hydrogen-bond acceptors (Lipinski definition) is 3. The molecule has 0 saturated carbocycles. The highest BCUT2D eigenvalue weighted by Gasteiger charge is 2.48. The minimum atomic E-state index is -0.680. The molecule has 2 bridgehead atoms. The zero-order valence-corrected chi connectivity index (χ0v) is 11.2. The van der Waals surface area contributed by atoms with Crippen LogP contribution in [0.25, 0.3) is 0 Å². The lowest BCUT2D eigenvalue weighted by molar-refractivity contribution is -0.142. The van der Waals surface area contributed by atoms with E-state index >= 15 is 0 Å². The Morgan fingerprint density at radius 1 is 1.42 bits per heavy atom. The molecule has 1 aromatic carbocycles. The molecule has 5 heteroatoms. The minimum Gasteiger partial charge on any atom is -0.506 e. The molecule has 3 atom stereocenters. The second-order valence-corrected chi connectivity index (χ2v) is 5.84. The Hall–Kier alpha value is -1.26. The topological polar surface area (TPSA) is 60.8 Å². The predicted molar refractivity (Wildman–Crippen MR) is 71.2 cm³/mol. The molecule has 0 radical (unpaired) electrons. The van der Waals surface area contributed by atoms with Crippen LogP contribution in [0.2, 0.25) is 5.02 Å². The number of fused-ring (bicyclic) bond motifs is 2. The van der Waals surface area contributed by atoms with Crippen molar-refractivity contribution >= 4 is 17.6 Å². The van der Waals surface area contributed by atoms with Crippen LogP contribution in [-0.2, 0) is 11.3 Å². The van der Waals surface area contributed by atoms with Gasteiger partial charge >= 0.3 is 5.97 Å². The third-order valence-corrected chi connectivity index (χ3v) is 4.68. The van der Waals surface area contributed by atoms with Crippen LogP contribution in [0.4, 0.5) is 0 Å².